The number of carbonyl (C=O) groups excluding carboxylic acids is 3. The summed E-state index contributed by atoms with van der Waals surface area (Å²) in [5.41, 5.74) is -0.400. The maximum absolute atomic E-state index is 13.2. The van der Waals surface area contributed by atoms with E-state index in [0.29, 0.717) is 18.4 Å². The molecular weight excluding hydrogens is 380 g/mol. The van der Waals surface area contributed by atoms with Crippen molar-refractivity contribution in [3.05, 3.63) is 48.0 Å². The fourth-order valence-electron chi connectivity index (χ4n) is 4.71. The normalized spacial score (nSPS) is 24.1. The highest BCUT2D eigenvalue weighted by Crippen LogP contribution is 2.38. The van der Waals surface area contributed by atoms with Gasteiger partial charge in [0.25, 0.3) is 5.91 Å². The highest BCUT2D eigenvalue weighted by Gasteiger charge is 2.55. The van der Waals surface area contributed by atoms with Gasteiger partial charge in [-0.3, -0.25) is 14.4 Å². The molecule has 30 heavy (non-hydrogen) atoms. The van der Waals surface area contributed by atoms with E-state index >= 15 is 0 Å². The molecule has 2 N–H and O–H groups in total. The average Bonchev–Trinajstić information content (AvgIpc) is 3.26. The summed E-state index contributed by atoms with van der Waals surface area (Å²) in [6.07, 6.45) is 2.42. The van der Waals surface area contributed by atoms with Crippen LogP contribution in [0.2, 0.25) is 0 Å². The van der Waals surface area contributed by atoms with Crippen molar-refractivity contribution in [2.45, 2.75) is 57.2 Å². The van der Waals surface area contributed by atoms with E-state index in [4.69, 9.17) is 4.74 Å². The van der Waals surface area contributed by atoms with Crippen LogP contribution in [-0.2, 0) is 14.3 Å². The summed E-state index contributed by atoms with van der Waals surface area (Å²) in [4.78, 5) is 38.8. The van der Waals surface area contributed by atoms with Crippen LogP contribution >= 0.6 is 0 Å². The second-order valence-electron chi connectivity index (χ2n) is 8.76. The molecule has 2 amide bonds. The first-order chi connectivity index (χ1) is 14.4. The highest BCUT2D eigenvalue weighted by atomic mass is 16.5. The molecule has 1 saturated heterocycles. The van der Waals surface area contributed by atoms with Crippen LogP contribution in [0.25, 0.3) is 10.8 Å². The number of ketones is 1. The molecule has 2 aliphatic rings. The molecule has 2 fully saturated rings. The van der Waals surface area contributed by atoms with Crippen molar-refractivity contribution in [2.24, 2.45) is 5.92 Å². The Labute approximate surface area is 176 Å². The summed E-state index contributed by atoms with van der Waals surface area (Å²) in [6.45, 7) is 4.05. The van der Waals surface area contributed by atoms with E-state index in [1.807, 2.05) is 50.2 Å². The summed E-state index contributed by atoms with van der Waals surface area (Å²) < 4.78 is 5.60. The zero-order chi connectivity index (χ0) is 21.3. The lowest BCUT2D eigenvalue weighted by Crippen LogP contribution is -2.60. The molecule has 6 heteroatoms. The number of hydrogen-bond donors (Lipinski definition) is 2. The molecule has 158 valence electrons. The third-order valence-electron chi connectivity index (χ3n) is 6.21. The van der Waals surface area contributed by atoms with Gasteiger partial charge in [0, 0.05) is 5.56 Å². The van der Waals surface area contributed by atoms with Crippen LogP contribution in [-0.4, -0.2) is 41.9 Å². The fraction of sp³-hybridized carbons (Fsp3) is 0.458. The van der Waals surface area contributed by atoms with Gasteiger partial charge in [-0.05, 0) is 48.4 Å². The number of ether oxygens (including phenoxy) is 1. The molecule has 1 heterocycles. The molecule has 0 radical (unpaired) electrons. The Bertz CT molecular complexity index is 981. The maximum Gasteiger partial charge on any atom is 0.252 e. The molecule has 1 aliphatic heterocycles. The molecule has 3 unspecified atom stereocenters. The number of fused-ring (bicyclic) bond motifs is 2. The number of benzene rings is 2. The molecule has 0 spiro atoms. The topological polar surface area (TPSA) is 84.5 Å². The minimum Gasteiger partial charge on any atom is -0.367 e. The maximum atomic E-state index is 13.2. The van der Waals surface area contributed by atoms with E-state index in [1.54, 1.807) is 6.07 Å². The number of rotatable bonds is 6. The molecule has 3 atom stereocenters. The van der Waals surface area contributed by atoms with E-state index in [2.05, 4.69) is 10.6 Å². The second kappa shape index (κ2) is 8.19. The lowest BCUT2D eigenvalue weighted by Gasteiger charge is -2.30. The van der Waals surface area contributed by atoms with E-state index in [0.717, 1.165) is 23.6 Å². The van der Waals surface area contributed by atoms with Crippen LogP contribution in [0.4, 0.5) is 0 Å². The van der Waals surface area contributed by atoms with Crippen molar-refractivity contribution >= 4 is 28.4 Å². The van der Waals surface area contributed by atoms with Crippen molar-refractivity contribution in [2.75, 3.05) is 6.61 Å². The largest absolute Gasteiger partial charge is 0.367 e. The lowest BCUT2D eigenvalue weighted by molar-refractivity contribution is -0.131. The molecular formula is C24H28N2O4. The van der Waals surface area contributed by atoms with Gasteiger partial charge in [-0.25, -0.2) is 0 Å². The molecule has 2 aromatic carbocycles. The monoisotopic (exact) mass is 408 g/mol. The first-order valence-corrected chi connectivity index (χ1v) is 10.7. The summed E-state index contributed by atoms with van der Waals surface area (Å²) >= 11 is 0. The Kier molecular flexibility index (Phi) is 5.60. The molecule has 1 aliphatic carbocycles. The van der Waals surface area contributed by atoms with Gasteiger partial charge in [-0.2, -0.15) is 0 Å². The van der Waals surface area contributed by atoms with Crippen molar-refractivity contribution in [3.8, 4) is 0 Å². The molecule has 0 bridgehead atoms. The SMILES string of the molecule is CC(C)CC(NC(=O)c1cccc2ccccc12)C(=O)NC12CCCC1OCC2=O. The van der Waals surface area contributed by atoms with Gasteiger partial charge < -0.3 is 15.4 Å². The van der Waals surface area contributed by atoms with Gasteiger partial charge in [-0.1, -0.05) is 50.2 Å². The van der Waals surface area contributed by atoms with Crippen LogP contribution in [0.15, 0.2) is 42.5 Å². The Balaban J connectivity index is 1.56. The van der Waals surface area contributed by atoms with Crippen molar-refractivity contribution in [1.29, 1.82) is 0 Å². The van der Waals surface area contributed by atoms with Gasteiger partial charge in [-0.15, -0.1) is 0 Å². The summed E-state index contributed by atoms with van der Waals surface area (Å²) in [7, 11) is 0. The average molecular weight is 408 g/mol. The zero-order valence-corrected chi connectivity index (χ0v) is 17.4. The smallest absolute Gasteiger partial charge is 0.252 e. The molecule has 2 aromatic rings. The third-order valence-corrected chi connectivity index (χ3v) is 6.21. The van der Waals surface area contributed by atoms with E-state index in [1.165, 1.54) is 0 Å². The highest BCUT2D eigenvalue weighted by molar-refractivity contribution is 6.08. The first kappa shape index (κ1) is 20.5. The summed E-state index contributed by atoms with van der Waals surface area (Å²) in [6, 6.07) is 12.5. The predicted molar refractivity (Wildman–Crippen MR) is 114 cm³/mol. The van der Waals surface area contributed by atoms with Crippen molar-refractivity contribution in [1.82, 2.24) is 10.6 Å². The molecule has 1 saturated carbocycles. The molecule has 0 aromatic heterocycles. The minimum atomic E-state index is -0.934. The predicted octanol–water partition coefficient (Wildman–Crippen LogP) is 2.99. The number of carbonyl (C=O) groups is 3. The number of hydrogen-bond acceptors (Lipinski definition) is 4. The van der Waals surface area contributed by atoms with Gasteiger partial charge in [0.1, 0.15) is 18.2 Å². The van der Waals surface area contributed by atoms with E-state index < -0.39 is 11.6 Å². The van der Waals surface area contributed by atoms with Gasteiger partial charge >= 0.3 is 0 Å². The van der Waals surface area contributed by atoms with Crippen LogP contribution in [0.5, 0.6) is 0 Å². The molecule has 6 nitrogen and oxygen atoms in total. The standard InChI is InChI=1S/C24H28N2O4/c1-15(2)13-19(23(29)26-24-12-6-11-21(24)30-14-20(24)27)25-22(28)18-10-5-8-16-7-3-4-9-17(16)18/h3-5,7-10,15,19,21H,6,11-14H2,1-2H3,(H,25,28)(H,26,29). The summed E-state index contributed by atoms with van der Waals surface area (Å²) in [5, 5.41) is 7.71. The van der Waals surface area contributed by atoms with Crippen molar-refractivity contribution in [3.63, 3.8) is 0 Å². The Morgan fingerprint density at radius 3 is 2.73 bits per heavy atom. The van der Waals surface area contributed by atoms with Crippen LogP contribution in [0.1, 0.15) is 49.9 Å². The number of amides is 2. The summed E-state index contributed by atoms with van der Waals surface area (Å²) in [5.74, 6) is -0.479. The minimum absolute atomic E-state index is 0.0438. The van der Waals surface area contributed by atoms with Crippen LogP contribution in [0, 0.1) is 5.92 Å². The third kappa shape index (κ3) is 3.72. The first-order valence-electron chi connectivity index (χ1n) is 10.7. The van der Waals surface area contributed by atoms with Crippen LogP contribution < -0.4 is 10.6 Å². The number of Topliss-reactive ketones (excluding diaryl/α,β-unsaturated/α-hetero) is 1. The zero-order valence-electron chi connectivity index (χ0n) is 17.4. The Morgan fingerprint density at radius 2 is 1.93 bits per heavy atom. The Hall–Kier alpha value is -2.73. The fourth-order valence-corrected chi connectivity index (χ4v) is 4.71. The van der Waals surface area contributed by atoms with Crippen molar-refractivity contribution < 1.29 is 19.1 Å². The van der Waals surface area contributed by atoms with Gasteiger partial charge in [0.05, 0.1) is 6.10 Å². The quantitative estimate of drug-likeness (QED) is 0.770. The van der Waals surface area contributed by atoms with Crippen LogP contribution in [0.3, 0.4) is 0 Å². The van der Waals surface area contributed by atoms with Gasteiger partial charge in [0.15, 0.2) is 5.78 Å². The lowest BCUT2D eigenvalue weighted by atomic mass is 9.91. The van der Waals surface area contributed by atoms with Gasteiger partial charge in [0.2, 0.25) is 5.91 Å². The van der Waals surface area contributed by atoms with E-state index in [-0.39, 0.29) is 36.2 Å². The Morgan fingerprint density at radius 1 is 1.17 bits per heavy atom. The van der Waals surface area contributed by atoms with E-state index in [9.17, 15) is 14.4 Å². The number of nitrogens with one attached hydrogen (secondary N) is 2. The molecule has 4 rings (SSSR count). The second-order valence-corrected chi connectivity index (χ2v) is 8.76.